The molecule has 150 valence electrons. The molecule has 0 atom stereocenters. The highest BCUT2D eigenvalue weighted by molar-refractivity contribution is 5.79. The van der Waals surface area contributed by atoms with Crippen molar-refractivity contribution in [3.8, 4) is 5.75 Å². The van der Waals surface area contributed by atoms with Gasteiger partial charge in [0.1, 0.15) is 11.6 Å². The number of methoxy groups -OCH3 is 1. The molecule has 8 heteroatoms. The zero-order chi connectivity index (χ0) is 20.3. The summed E-state index contributed by atoms with van der Waals surface area (Å²) in [4.78, 5) is 38.6. The number of aromatic nitrogens is 2. The molecule has 2 aromatic rings. The van der Waals surface area contributed by atoms with Crippen molar-refractivity contribution < 1.29 is 9.53 Å². The summed E-state index contributed by atoms with van der Waals surface area (Å²) in [5.41, 5.74) is 0.264. The lowest BCUT2D eigenvalue weighted by Gasteiger charge is -2.33. The molecule has 1 N–H and O–H groups in total. The maximum Gasteiger partial charge on any atom is 0.332 e. The first-order chi connectivity index (χ1) is 13.4. The Morgan fingerprint density at radius 2 is 1.82 bits per heavy atom. The second kappa shape index (κ2) is 8.33. The van der Waals surface area contributed by atoms with Gasteiger partial charge in [-0.25, -0.2) is 4.79 Å². The van der Waals surface area contributed by atoms with Gasteiger partial charge in [-0.2, -0.15) is 0 Å². The van der Waals surface area contributed by atoms with Crippen molar-refractivity contribution in [2.75, 3.05) is 25.1 Å². The molecular formula is C20H26N4O4. The summed E-state index contributed by atoms with van der Waals surface area (Å²) in [6.45, 7) is 1.66. The van der Waals surface area contributed by atoms with E-state index in [1.807, 2.05) is 29.2 Å². The van der Waals surface area contributed by atoms with Crippen molar-refractivity contribution >= 4 is 11.7 Å². The van der Waals surface area contributed by atoms with Crippen molar-refractivity contribution in [1.82, 2.24) is 14.5 Å². The smallest absolute Gasteiger partial charge is 0.332 e. The van der Waals surface area contributed by atoms with Gasteiger partial charge in [-0.15, -0.1) is 0 Å². The van der Waals surface area contributed by atoms with Crippen molar-refractivity contribution in [1.29, 1.82) is 0 Å². The quantitative estimate of drug-likeness (QED) is 0.815. The second-order valence-electron chi connectivity index (χ2n) is 7.03. The topological polar surface area (TPSA) is 85.6 Å². The minimum Gasteiger partial charge on any atom is -0.496 e. The fraction of sp³-hybridized carbons (Fsp3) is 0.450. The molecule has 1 aliphatic rings. The van der Waals surface area contributed by atoms with Crippen LogP contribution in [0.15, 0.2) is 39.9 Å². The predicted octanol–water partition coefficient (Wildman–Crippen LogP) is 0.625. The molecule has 1 saturated heterocycles. The molecule has 3 rings (SSSR count). The minimum atomic E-state index is -0.348. The molecule has 1 aliphatic heterocycles. The Kier molecular flexibility index (Phi) is 5.87. The van der Waals surface area contributed by atoms with Crippen molar-refractivity contribution in [2.45, 2.75) is 19.4 Å². The van der Waals surface area contributed by atoms with Crippen LogP contribution in [0.25, 0.3) is 0 Å². The van der Waals surface area contributed by atoms with Gasteiger partial charge in [0, 0.05) is 51.3 Å². The molecule has 2 heterocycles. The highest BCUT2D eigenvalue weighted by atomic mass is 16.5. The maximum atomic E-state index is 12.6. The molecule has 0 unspecified atom stereocenters. The summed E-state index contributed by atoms with van der Waals surface area (Å²) >= 11 is 0. The summed E-state index contributed by atoms with van der Waals surface area (Å²) in [6, 6.07) is 9.08. The third kappa shape index (κ3) is 3.95. The zero-order valence-electron chi connectivity index (χ0n) is 16.5. The number of anilines is 1. The van der Waals surface area contributed by atoms with Crippen LogP contribution in [0.2, 0.25) is 0 Å². The van der Waals surface area contributed by atoms with Crippen LogP contribution in [0.5, 0.6) is 5.75 Å². The van der Waals surface area contributed by atoms with Gasteiger partial charge in [0.15, 0.2) is 0 Å². The number of nitrogens with zero attached hydrogens (tertiary/aromatic N) is 3. The zero-order valence-corrected chi connectivity index (χ0v) is 16.5. The van der Waals surface area contributed by atoms with Gasteiger partial charge in [0.05, 0.1) is 7.11 Å². The average molecular weight is 386 g/mol. The number of rotatable bonds is 5. The van der Waals surface area contributed by atoms with Gasteiger partial charge in [0.2, 0.25) is 5.91 Å². The Bertz CT molecular complexity index is 971. The Balaban J connectivity index is 1.60. The summed E-state index contributed by atoms with van der Waals surface area (Å²) in [5, 5.41) is 2.99. The summed E-state index contributed by atoms with van der Waals surface area (Å²) < 4.78 is 7.87. The van der Waals surface area contributed by atoms with Crippen molar-refractivity contribution in [3.05, 3.63) is 56.7 Å². The standard InChI is InChI=1S/C20H26N4O4/c1-22-17(12-18(25)23(2)20(22)27)24-10-8-14(9-11-24)19(26)21-13-15-6-4-5-7-16(15)28-3/h4-7,12,14H,8-11,13H2,1-3H3,(H,21,26). The number of amides is 1. The molecule has 28 heavy (non-hydrogen) atoms. The van der Waals surface area contributed by atoms with Crippen LogP contribution >= 0.6 is 0 Å². The van der Waals surface area contributed by atoms with Crippen LogP contribution in [0.1, 0.15) is 18.4 Å². The second-order valence-corrected chi connectivity index (χ2v) is 7.03. The largest absolute Gasteiger partial charge is 0.496 e. The summed E-state index contributed by atoms with van der Waals surface area (Å²) in [6.07, 6.45) is 1.34. The van der Waals surface area contributed by atoms with E-state index >= 15 is 0 Å². The molecule has 0 aliphatic carbocycles. The first-order valence-corrected chi connectivity index (χ1v) is 9.34. The van der Waals surface area contributed by atoms with Crippen molar-refractivity contribution in [3.63, 3.8) is 0 Å². The third-order valence-electron chi connectivity index (χ3n) is 5.34. The number of ether oxygens (including phenoxy) is 1. The van der Waals surface area contributed by atoms with Crippen LogP contribution in [0.4, 0.5) is 5.82 Å². The number of carbonyl (C=O) groups is 1. The Labute approximate surface area is 163 Å². The van der Waals surface area contributed by atoms with Gasteiger partial charge >= 0.3 is 5.69 Å². The maximum absolute atomic E-state index is 12.6. The van der Waals surface area contributed by atoms with Gasteiger partial charge < -0.3 is 15.0 Å². The van der Waals surface area contributed by atoms with E-state index in [1.165, 1.54) is 17.7 Å². The van der Waals surface area contributed by atoms with E-state index in [1.54, 1.807) is 14.2 Å². The molecule has 1 amide bonds. The number of benzene rings is 1. The van der Waals surface area contributed by atoms with Gasteiger partial charge in [-0.05, 0) is 18.9 Å². The number of nitrogens with one attached hydrogen (secondary N) is 1. The van der Waals surface area contributed by atoms with E-state index in [4.69, 9.17) is 4.74 Å². The monoisotopic (exact) mass is 386 g/mol. The van der Waals surface area contributed by atoms with E-state index in [0.29, 0.717) is 38.3 Å². The van der Waals surface area contributed by atoms with Gasteiger partial charge in [-0.1, -0.05) is 18.2 Å². The fourth-order valence-electron chi connectivity index (χ4n) is 3.57. The van der Waals surface area contributed by atoms with Crippen LogP contribution in [0, 0.1) is 5.92 Å². The SMILES string of the molecule is COc1ccccc1CNC(=O)C1CCN(c2cc(=O)n(C)c(=O)n2C)CC1. The highest BCUT2D eigenvalue weighted by Gasteiger charge is 2.26. The lowest BCUT2D eigenvalue weighted by atomic mass is 9.95. The van der Waals surface area contributed by atoms with Crippen LogP contribution < -0.4 is 26.2 Å². The van der Waals surface area contributed by atoms with Gasteiger partial charge in [0.25, 0.3) is 5.56 Å². The van der Waals surface area contributed by atoms with E-state index in [-0.39, 0.29) is 23.1 Å². The molecule has 1 fully saturated rings. The van der Waals surface area contributed by atoms with Gasteiger partial charge in [-0.3, -0.25) is 18.7 Å². The fourth-order valence-corrected chi connectivity index (χ4v) is 3.57. The Morgan fingerprint density at radius 3 is 2.50 bits per heavy atom. The third-order valence-corrected chi connectivity index (χ3v) is 5.34. The van der Waals surface area contributed by atoms with Crippen LogP contribution in [-0.4, -0.2) is 35.2 Å². The Morgan fingerprint density at radius 1 is 1.14 bits per heavy atom. The molecule has 8 nitrogen and oxygen atoms in total. The van der Waals surface area contributed by atoms with E-state index in [2.05, 4.69) is 5.32 Å². The first-order valence-electron chi connectivity index (χ1n) is 9.34. The molecular weight excluding hydrogens is 360 g/mol. The normalized spacial score (nSPS) is 14.8. The molecule has 1 aromatic carbocycles. The molecule has 0 spiro atoms. The number of carbonyl (C=O) groups excluding carboxylic acids is 1. The summed E-state index contributed by atoms with van der Waals surface area (Å²) in [5.74, 6) is 1.28. The molecule has 0 saturated carbocycles. The first kappa shape index (κ1) is 19.7. The average Bonchev–Trinajstić information content (AvgIpc) is 2.73. The summed E-state index contributed by atoms with van der Waals surface area (Å²) in [7, 11) is 4.73. The van der Waals surface area contributed by atoms with E-state index < -0.39 is 0 Å². The lowest BCUT2D eigenvalue weighted by molar-refractivity contribution is -0.125. The number of para-hydroxylation sites is 1. The number of piperidine rings is 1. The number of hydrogen-bond donors (Lipinski definition) is 1. The van der Waals surface area contributed by atoms with E-state index in [9.17, 15) is 14.4 Å². The lowest BCUT2D eigenvalue weighted by Crippen LogP contribution is -2.44. The molecule has 1 aromatic heterocycles. The predicted molar refractivity (Wildman–Crippen MR) is 107 cm³/mol. The molecule has 0 radical (unpaired) electrons. The van der Waals surface area contributed by atoms with Crippen molar-refractivity contribution in [2.24, 2.45) is 20.0 Å². The number of hydrogen-bond acceptors (Lipinski definition) is 5. The molecule has 0 bridgehead atoms. The van der Waals surface area contributed by atoms with Crippen LogP contribution in [-0.2, 0) is 25.4 Å². The minimum absolute atomic E-state index is 0.0171. The highest BCUT2D eigenvalue weighted by Crippen LogP contribution is 2.22. The Hall–Kier alpha value is -3.03. The van der Waals surface area contributed by atoms with E-state index in [0.717, 1.165) is 15.9 Å². The van der Waals surface area contributed by atoms with Crippen LogP contribution in [0.3, 0.4) is 0 Å².